The minimum Gasteiger partial charge on any atom is -0.260 e. The van der Waals surface area contributed by atoms with Crippen LogP contribution in [0, 0.1) is 11.3 Å². The first-order valence-electron chi connectivity index (χ1n) is 5.46. The minimum absolute atomic E-state index is 0.131. The molecule has 0 amide bonds. The van der Waals surface area contributed by atoms with Gasteiger partial charge in [-0.25, -0.2) is 13.1 Å². The summed E-state index contributed by atoms with van der Waals surface area (Å²) in [6.07, 6.45) is 1.61. The van der Waals surface area contributed by atoms with Crippen LogP contribution in [-0.2, 0) is 10.0 Å². The normalized spacial score (nSPS) is 12.8. The third-order valence-corrected chi connectivity index (χ3v) is 5.44. The van der Waals surface area contributed by atoms with Gasteiger partial charge in [0.25, 0.3) is 10.0 Å². The largest absolute Gasteiger partial charge is 0.260 e. The van der Waals surface area contributed by atoms with Gasteiger partial charge in [0.05, 0.1) is 11.7 Å². The van der Waals surface area contributed by atoms with Crippen molar-refractivity contribution in [2.45, 2.75) is 17.2 Å². The highest BCUT2D eigenvalue weighted by Gasteiger charge is 2.20. The van der Waals surface area contributed by atoms with Crippen LogP contribution in [0.3, 0.4) is 0 Å². The van der Waals surface area contributed by atoms with E-state index in [4.69, 9.17) is 5.26 Å². The van der Waals surface area contributed by atoms with Gasteiger partial charge in [-0.15, -0.1) is 11.3 Å². The monoisotopic (exact) mass is 293 g/mol. The first-order valence-corrected chi connectivity index (χ1v) is 7.76. The van der Waals surface area contributed by atoms with Gasteiger partial charge in [-0.2, -0.15) is 5.26 Å². The van der Waals surface area contributed by atoms with Gasteiger partial charge in [0.2, 0.25) is 0 Å². The van der Waals surface area contributed by atoms with Crippen LogP contribution in [0.2, 0.25) is 0 Å². The lowest BCUT2D eigenvalue weighted by molar-refractivity contribution is 0.566. The predicted octanol–water partition coefficient (Wildman–Crippen LogP) is 2.05. The van der Waals surface area contributed by atoms with Gasteiger partial charge in [-0.1, -0.05) is 6.07 Å². The zero-order valence-corrected chi connectivity index (χ0v) is 11.7. The van der Waals surface area contributed by atoms with Crippen LogP contribution in [0.25, 0.3) is 0 Å². The third-order valence-electron chi connectivity index (χ3n) is 2.42. The summed E-state index contributed by atoms with van der Waals surface area (Å²) in [5.41, 5.74) is 0.642. The Bertz CT molecular complexity index is 702. The summed E-state index contributed by atoms with van der Waals surface area (Å²) in [7, 11) is -3.62. The SMILES string of the molecule is CC(NS(=O)(=O)c1ccc(C#N)s1)c1ccccn1. The highest BCUT2D eigenvalue weighted by Crippen LogP contribution is 2.22. The molecule has 1 unspecified atom stereocenters. The van der Waals surface area contributed by atoms with Gasteiger partial charge >= 0.3 is 0 Å². The standard InChI is InChI=1S/C12H11N3O2S2/c1-9(11-4-2-3-7-14-11)15-19(16,17)12-6-5-10(8-13)18-12/h2-7,9,15H,1H3. The number of hydrogen-bond acceptors (Lipinski definition) is 5. The molecular formula is C12H11N3O2S2. The second-order valence-corrected chi connectivity index (χ2v) is 6.85. The molecule has 2 aromatic rings. The van der Waals surface area contributed by atoms with Gasteiger partial charge in [0, 0.05) is 6.20 Å². The summed E-state index contributed by atoms with van der Waals surface area (Å²) in [5, 5.41) is 8.71. The fraction of sp³-hybridized carbons (Fsp3) is 0.167. The summed E-state index contributed by atoms with van der Waals surface area (Å²) in [6.45, 7) is 1.72. The first kappa shape index (κ1) is 13.7. The number of nitrogens with zero attached hydrogens (tertiary/aromatic N) is 2. The molecule has 0 radical (unpaired) electrons. The van der Waals surface area contributed by atoms with Crippen molar-refractivity contribution in [3.05, 3.63) is 47.1 Å². The molecule has 5 nitrogen and oxygen atoms in total. The van der Waals surface area contributed by atoms with Crippen LogP contribution in [0.1, 0.15) is 23.5 Å². The number of pyridine rings is 1. The van der Waals surface area contributed by atoms with E-state index in [2.05, 4.69) is 9.71 Å². The fourth-order valence-electron chi connectivity index (χ4n) is 1.51. The quantitative estimate of drug-likeness (QED) is 0.935. The van der Waals surface area contributed by atoms with Crippen molar-refractivity contribution in [3.8, 4) is 6.07 Å². The third kappa shape index (κ3) is 3.17. The molecule has 1 atom stereocenters. The second kappa shape index (κ2) is 5.48. The van der Waals surface area contributed by atoms with Crippen molar-refractivity contribution < 1.29 is 8.42 Å². The Morgan fingerprint density at radius 3 is 2.74 bits per heavy atom. The second-order valence-electron chi connectivity index (χ2n) is 3.83. The molecule has 98 valence electrons. The van der Waals surface area contributed by atoms with Crippen LogP contribution in [0.5, 0.6) is 0 Å². The zero-order chi connectivity index (χ0) is 13.9. The minimum atomic E-state index is -3.62. The summed E-state index contributed by atoms with van der Waals surface area (Å²) in [4.78, 5) is 4.47. The smallest absolute Gasteiger partial charge is 0.250 e. The van der Waals surface area contributed by atoms with Gasteiger partial charge in [0.1, 0.15) is 15.2 Å². The maximum atomic E-state index is 12.1. The molecule has 2 aromatic heterocycles. The molecule has 0 aliphatic rings. The summed E-state index contributed by atoms with van der Waals surface area (Å²) in [6, 6.07) is 9.72. The van der Waals surface area contributed by atoms with E-state index >= 15 is 0 Å². The maximum absolute atomic E-state index is 12.1. The molecule has 1 N–H and O–H groups in total. The van der Waals surface area contributed by atoms with Crippen LogP contribution < -0.4 is 4.72 Å². The average molecular weight is 293 g/mol. The Kier molecular flexibility index (Phi) is 3.95. The van der Waals surface area contributed by atoms with Crippen LogP contribution in [-0.4, -0.2) is 13.4 Å². The number of sulfonamides is 1. The van der Waals surface area contributed by atoms with E-state index in [-0.39, 0.29) is 4.21 Å². The molecule has 0 aliphatic heterocycles. The van der Waals surface area contributed by atoms with E-state index in [1.54, 1.807) is 31.3 Å². The van der Waals surface area contributed by atoms with Crippen LogP contribution >= 0.6 is 11.3 Å². The first-order chi connectivity index (χ1) is 9.03. The lowest BCUT2D eigenvalue weighted by Crippen LogP contribution is -2.26. The molecule has 2 rings (SSSR count). The van der Waals surface area contributed by atoms with Crippen molar-refractivity contribution in [2.75, 3.05) is 0 Å². The van der Waals surface area contributed by atoms with Crippen LogP contribution in [0.4, 0.5) is 0 Å². The lowest BCUT2D eigenvalue weighted by atomic mass is 10.2. The van der Waals surface area contributed by atoms with E-state index in [0.717, 1.165) is 11.3 Å². The highest BCUT2D eigenvalue weighted by atomic mass is 32.2. The number of aromatic nitrogens is 1. The summed E-state index contributed by atoms with van der Waals surface area (Å²) in [5.74, 6) is 0. The van der Waals surface area contributed by atoms with Gasteiger partial charge in [0.15, 0.2) is 0 Å². The molecule has 0 spiro atoms. The Labute approximate surface area is 115 Å². The number of thiophene rings is 1. The number of rotatable bonds is 4. The molecule has 2 heterocycles. The van der Waals surface area contributed by atoms with E-state index < -0.39 is 16.1 Å². The van der Waals surface area contributed by atoms with Crippen LogP contribution in [0.15, 0.2) is 40.7 Å². The molecule has 0 bridgehead atoms. The van der Waals surface area contributed by atoms with E-state index in [1.165, 1.54) is 12.1 Å². The van der Waals surface area contributed by atoms with E-state index in [0.29, 0.717) is 10.6 Å². The molecule has 0 aromatic carbocycles. The molecule has 19 heavy (non-hydrogen) atoms. The van der Waals surface area contributed by atoms with Gasteiger partial charge < -0.3 is 0 Å². The van der Waals surface area contributed by atoms with Crippen molar-refractivity contribution in [1.29, 1.82) is 5.26 Å². The molecular weight excluding hydrogens is 282 g/mol. The summed E-state index contributed by atoms with van der Waals surface area (Å²) >= 11 is 0.945. The molecule has 0 saturated heterocycles. The molecule has 7 heteroatoms. The Morgan fingerprint density at radius 1 is 1.37 bits per heavy atom. The topological polar surface area (TPSA) is 82.9 Å². The van der Waals surface area contributed by atoms with Crippen molar-refractivity contribution in [1.82, 2.24) is 9.71 Å². The lowest BCUT2D eigenvalue weighted by Gasteiger charge is -2.12. The highest BCUT2D eigenvalue weighted by molar-refractivity contribution is 7.91. The maximum Gasteiger partial charge on any atom is 0.250 e. The Balaban J connectivity index is 2.20. The van der Waals surface area contributed by atoms with Crippen molar-refractivity contribution in [3.63, 3.8) is 0 Å². The van der Waals surface area contributed by atoms with Crippen molar-refractivity contribution in [2.24, 2.45) is 0 Å². The van der Waals surface area contributed by atoms with Gasteiger partial charge in [-0.05, 0) is 31.2 Å². The van der Waals surface area contributed by atoms with Crippen molar-refractivity contribution >= 4 is 21.4 Å². The zero-order valence-electron chi connectivity index (χ0n) is 10.1. The Morgan fingerprint density at radius 2 is 2.16 bits per heavy atom. The molecule has 0 saturated carbocycles. The van der Waals surface area contributed by atoms with E-state index in [9.17, 15) is 8.42 Å². The fourth-order valence-corrected chi connectivity index (χ4v) is 3.84. The number of nitrogens with one attached hydrogen (secondary N) is 1. The average Bonchev–Trinajstić information content (AvgIpc) is 2.89. The molecule has 0 fully saturated rings. The Hall–Kier alpha value is -1.75. The van der Waals surface area contributed by atoms with E-state index in [1.807, 2.05) is 6.07 Å². The number of hydrogen-bond donors (Lipinski definition) is 1. The summed E-state index contributed by atoms with van der Waals surface area (Å²) < 4.78 is 26.9. The molecule has 0 aliphatic carbocycles. The number of nitriles is 1. The predicted molar refractivity (Wildman–Crippen MR) is 72.0 cm³/mol. The van der Waals surface area contributed by atoms with Gasteiger partial charge in [-0.3, -0.25) is 4.98 Å².